The lowest BCUT2D eigenvalue weighted by molar-refractivity contribution is 0.469. The summed E-state index contributed by atoms with van der Waals surface area (Å²) in [5.74, 6) is 1.72. The average molecular weight is 342 g/mol. The summed E-state index contributed by atoms with van der Waals surface area (Å²) >= 11 is 0. The minimum atomic E-state index is 0.336. The molecule has 132 valence electrons. The highest BCUT2D eigenvalue weighted by Crippen LogP contribution is 2.46. The van der Waals surface area contributed by atoms with Crippen molar-refractivity contribution in [1.82, 2.24) is 0 Å². The van der Waals surface area contributed by atoms with Gasteiger partial charge in [-0.2, -0.15) is 0 Å². The average Bonchev–Trinajstić information content (AvgIpc) is 2.67. The molecule has 1 aliphatic rings. The summed E-state index contributed by atoms with van der Waals surface area (Å²) < 4.78 is 0. The summed E-state index contributed by atoms with van der Waals surface area (Å²) in [5, 5.41) is 9.93. The molecule has 0 bridgehead atoms. The Bertz CT molecular complexity index is 878. The normalized spacial score (nSPS) is 19.3. The van der Waals surface area contributed by atoms with Crippen LogP contribution in [0.2, 0.25) is 0 Å². The van der Waals surface area contributed by atoms with Crippen LogP contribution in [0.25, 0.3) is 0 Å². The minimum Gasteiger partial charge on any atom is -0.508 e. The number of phenolic OH excluding ortho intramolecular Hbond substituents is 1. The molecule has 0 radical (unpaired) electrons. The summed E-state index contributed by atoms with van der Waals surface area (Å²) in [5.41, 5.74) is 6.81. The van der Waals surface area contributed by atoms with E-state index in [0.29, 0.717) is 23.5 Å². The summed E-state index contributed by atoms with van der Waals surface area (Å²) in [4.78, 5) is 0. The van der Waals surface area contributed by atoms with E-state index in [1.807, 2.05) is 12.1 Å². The number of aromatic hydroxyl groups is 1. The van der Waals surface area contributed by atoms with Crippen molar-refractivity contribution in [2.75, 3.05) is 0 Å². The van der Waals surface area contributed by atoms with E-state index in [2.05, 4.69) is 74.5 Å². The fourth-order valence-electron chi connectivity index (χ4n) is 4.37. The SMILES string of the molecule is CC(C)c1ccc([C@@H]2c3ccc(O)cc3CC[C@@H]2c2ccccc2)cc1. The molecule has 3 aromatic carbocycles. The smallest absolute Gasteiger partial charge is 0.115 e. The zero-order valence-electron chi connectivity index (χ0n) is 15.5. The van der Waals surface area contributed by atoms with Gasteiger partial charge in [0.05, 0.1) is 0 Å². The molecule has 0 heterocycles. The van der Waals surface area contributed by atoms with Crippen LogP contribution in [0.3, 0.4) is 0 Å². The van der Waals surface area contributed by atoms with E-state index < -0.39 is 0 Å². The van der Waals surface area contributed by atoms with Gasteiger partial charge in [-0.15, -0.1) is 0 Å². The second kappa shape index (κ2) is 6.99. The third kappa shape index (κ3) is 3.14. The maximum Gasteiger partial charge on any atom is 0.115 e. The third-order valence-electron chi connectivity index (χ3n) is 5.78. The van der Waals surface area contributed by atoms with Gasteiger partial charge in [0.25, 0.3) is 0 Å². The maximum absolute atomic E-state index is 9.93. The number of rotatable bonds is 3. The fourth-order valence-corrected chi connectivity index (χ4v) is 4.37. The van der Waals surface area contributed by atoms with E-state index in [-0.39, 0.29) is 0 Å². The second-order valence-corrected chi connectivity index (χ2v) is 7.74. The molecule has 2 atom stereocenters. The lowest BCUT2D eigenvalue weighted by Gasteiger charge is -2.35. The van der Waals surface area contributed by atoms with Gasteiger partial charge < -0.3 is 5.11 Å². The van der Waals surface area contributed by atoms with Gasteiger partial charge in [0, 0.05) is 5.92 Å². The molecule has 1 N–H and O–H groups in total. The minimum absolute atomic E-state index is 0.336. The highest BCUT2D eigenvalue weighted by Gasteiger charge is 2.32. The van der Waals surface area contributed by atoms with Crippen molar-refractivity contribution in [1.29, 1.82) is 0 Å². The Kier molecular flexibility index (Phi) is 4.55. The van der Waals surface area contributed by atoms with Gasteiger partial charge >= 0.3 is 0 Å². The van der Waals surface area contributed by atoms with Gasteiger partial charge in [0.1, 0.15) is 5.75 Å². The molecule has 26 heavy (non-hydrogen) atoms. The lowest BCUT2D eigenvalue weighted by atomic mass is 9.69. The van der Waals surface area contributed by atoms with Crippen LogP contribution in [0.4, 0.5) is 0 Å². The van der Waals surface area contributed by atoms with Crippen molar-refractivity contribution in [3.63, 3.8) is 0 Å². The monoisotopic (exact) mass is 342 g/mol. The standard InChI is InChI=1S/C25H26O/c1-17(2)18-8-10-20(11-9-18)25-23(19-6-4-3-5-7-19)14-12-21-16-22(26)13-15-24(21)25/h3-11,13,15-17,23,25-26H,12,14H2,1-2H3/t23-,25+/m1/s1. The quantitative estimate of drug-likeness (QED) is 0.586. The van der Waals surface area contributed by atoms with E-state index in [9.17, 15) is 5.11 Å². The van der Waals surface area contributed by atoms with Gasteiger partial charge in [-0.05, 0) is 64.6 Å². The first-order valence-electron chi connectivity index (χ1n) is 9.60. The molecule has 0 fully saturated rings. The molecule has 0 saturated carbocycles. The highest BCUT2D eigenvalue weighted by molar-refractivity contribution is 5.47. The molecule has 3 aromatic rings. The van der Waals surface area contributed by atoms with Crippen molar-refractivity contribution in [3.8, 4) is 5.75 Å². The van der Waals surface area contributed by atoms with Crippen molar-refractivity contribution >= 4 is 0 Å². The van der Waals surface area contributed by atoms with E-state index >= 15 is 0 Å². The van der Waals surface area contributed by atoms with Gasteiger partial charge in [-0.3, -0.25) is 0 Å². The molecule has 0 spiro atoms. The van der Waals surface area contributed by atoms with Crippen molar-refractivity contribution in [3.05, 3.63) is 101 Å². The van der Waals surface area contributed by atoms with Gasteiger partial charge in [0.15, 0.2) is 0 Å². The Morgan fingerprint density at radius 3 is 2.27 bits per heavy atom. The summed E-state index contributed by atoms with van der Waals surface area (Å²) in [6, 6.07) is 25.9. The molecular weight excluding hydrogens is 316 g/mol. The summed E-state index contributed by atoms with van der Waals surface area (Å²) in [6.45, 7) is 4.47. The first-order chi connectivity index (χ1) is 12.6. The predicted molar refractivity (Wildman–Crippen MR) is 108 cm³/mol. The predicted octanol–water partition coefficient (Wildman–Crippen LogP) is 6.38. The van der Waals surface area contributed by atoms with E-state index in [1.54, 1.807) is 0 Å². The Balaban J connectivity index is 1.82. The molecule has 1 heteroatoms. The summed E-state index contributed by atoms with van der Waals surface area (Å²) in [6.07, 6.45) is 2.13. The van der Waals surface area contributed by atoms with Crippen LogP contribution >= 0.6 is 0 Å². The molecule has 1 nitrogen and oxygen atoms in total. The van der Waals surface area contributed by atoms with Gasteiger partial charge in [-0.25, -0.2) is 0 Å². The second-order valence-electron chi connectivity index (χ2n) is 7.74. The van der Waals surface area contributed by atoms with E-state index in [4.69, 9.17) is 0 Å². The number of fused-ring (bicyclic) bond motifs is 1. The first-order valence-corrected chi connectivity index (χ1v) is 9.60. The Morgan fingerprint density at radius 1 is 0.846 bits per heavy atom. The molecule has 1 aliphatic carbocycles. The lowest BCUT2D eigenvalue weighted by Crippen LogP contribution is -2.20. The Morgan fingerprint density at radius 2 is 1.58 bits per heavy atom. The fraction of sp³-hybridized carbons (Fsp3) is 0.280. The van der Waals surface area contributed by atoms with Crippen LogP contribution in [0.5, 0.6) is 5.75 Å². The van der Waals surface area contributed by atoms with Crippen LogP contribution in [0.1, 0.15) is 65.8 Å². The number of phenols is 1. The molecule has 0 unspecified atom stereocenters. The Hall–Kier alpha value is -2.54. The molecular formula is C25H26O. The Labute approximate surface area is 156 Å². The molecule has 0 aliphatic heterocycles. The van der Waals surface area contributed by atoms with E-state index in [1.165, 1.54) is 27.8 Å². The number of hydrogen-bond acceptors (Lipinski definition) is 1. The van der Waals surface area contributed by atoms with Crippen molar-refractivity contribution in [2.45, 2.75) is 44.4 Å². The van der Waals surface area contributed by atoms with Gasteiger partial charge in [-0.1, -0.05) is 74.5 Å². The topological polar surface area (TPSA) is 20.2 Å². The molecule has 4 rings (SSSR count). The van der Waals surface area contributed by atoms with Crippen molar-refractivity contribution in [2.24, 2.45) is 0 Å². The first kappa shape index (κ1) is 16.9. The van der Waals surface area contributed by atoms with Crippen LogP contribution in [-0.4, -0.2) is 5.11 Å². The largest absolute Gasteiger partial charge is 0.508 e. The van der Waals surface area contributed by atoms with Crippen LogP contribution in [0.15, 0.2) is 72.8 Å². The molecule has 0 amide bonds. The number of hydrogen-bond donors (Lipinski definition) is 1. The number of aryl methyl sites for hydroxylation is 1. The van der Waals surface area contributed by atoms with Crippen LogP contribution in [-0.2, 0) is 6.42 Å². The van der Waals surface area contributed by atoms with Crippen LogP contribution in [0, 0.1) is 0 Å². The number of benzene rings is 3. The van der Waals surface area contributed by atoms with Crippen LogP contribution < -0.4 is 0 Å². The maximum atomic E-state index is 9.93. The zero-order valence-corrected chi connectivity index (χ0v) is 15.5. The zero-order chi connectivity index (χ0) is 18.1. The van der Waals surface area contributed by atoms with E-state index in [0.717, 1.165) is 12.8 Å². The highest BCUT2D eigenvalue weighted by atomic mass is 16.3. The van der Waals surface area contributed by atoms with Crippen molar-refractivity contribution < 1.29 is 5.11 Å². The molecule has 0 saturated heterocycles. The molecule has 0 aromatic heterocycles. The summed E-state index contributed by atoms with van der Waals surface area (Å²) in [7, 11) is 0. The van der Waals surface area contributed by atoms with Gasteiger partial charge in [0.2, 0.25) is 0 Å². The third-order valence-corrected chi connectivity index (χ3v) is 5.78.